The van der Waals surface area contributed by atoms with Crippen LogP contribution in [0, 0.1) is 5.41 Å². The topological polar surface area (TPSA) is 80.5 Å². The van der Waals surface area contributed by atoms with E-state index in [0.717, 1.165) is 12.8 Å². The maximum Gasteiger partial charge on any atom is 0.290 e. The van der Waals surface area contributed by atoms with Gasteiger partial charge in [-0.25, -0.2) is 0 Å². The van der Waals surface area contributed by atoms with Crippen LogP contribution in [0.25, 0.3) is 0 Å². The van der Waals surface area contributed by atoms with Crippen molar-refractivity contribution in [2.75, 3.05) is 6.54 Å². The number of carbonyl (C=O) groups is 3. The van der Waals surface area contributed by atoms with E-state index in [1.807, 2.05) is 6.92 Å². The number of carbonyl (C=O) groups excluding carboxylic acids is 3. The van der Waals surface area contributed by atoms with E-state index in [-0.39, 0.29) is 18.2 Å². The van der Waals surface area contributed by atoms with Gasteiger partial charge in [-0.15, -0.1) is 0 Å². The third kappa shape index (κ3) is 3.09. The first-order valence-electron chi connectivity index (χ1n) is 6.43. The van der Waals surface area contributed by atoms with Crippen LogP contribution in [0.3, 0.4) is 0 Å². The predicted molar refractivity (Wildman–Crippen MR) is 67.6 cm³/mol. The highest BCUT2D eigenvalue weighted by molar-refractivity contribution is 6.38. The van der Waals surface area contributed by atoms with E-state index in [2.05, 4.69) is 0 Å². The van der Waals surface area contributed by atoms with Gasteiger partial charge in [0.1, 0.15) is 0 Å². The lowest BCUT2D eigenvalue weighted by Crippen LogP contribution is -2.45. The Morgan fingerprint density at radius 1 is 1.33 bits per heavy atom. The van der Waals surface area contributed by atoms with Crippen molar-refractivity contribution in [3.05, 3.63) is 0 Å². The number of ketones is 1. The lowest BCUT2D eigenvalue weighted by Gasteiger charge is -2.27. The number of Topliss-reactive ketones (excluding diaryl/α,β-unsaturated/α-hetero) is 1. The highest BCUT2D eigenvalue weighted by Crippen LogP contribution is 2.26. The first-order chi connectivity index (χ1) is 8.29. The fourth-order valence-electron chi connectivity index (χ4n) is 2.13. The Morgan fingerprint density at radius 3 is 2.44 bits per heavy atom. The van der Waals surface area contributed by atoms with Crippen LogP contribution in [0.5, 0.6) is 0 Å². The molecular formula is C13H22N2O3. The van der Waals surface area contributed by atoms with Crippen LogP contribution < -0.4 is 5.73 Å². The van der Waals surface area contributed by atoms with Gasteiger partial charge in [-0.2, -0.15) is 0 Å². The van der Waals surface area contributed by atoms with Crippen LogP contribution in [-0.4, -0.2) is 35.1 Å². The number of likely N-dealkylation sites (tertiary alicyclic amines) is 1. The molecule has 1 rings (SSSR count). The van der Waals surface area contributed by atoms with E-state index >= 15 is 0 Å². The fourth-order valence-corrected chi connectivity index (χ4v) is 2.13. The van der Waals surface area contributed by atoms with Gasteiger partial charge in [-0.05, 0) is 19.3 Å². The van der Waals surface area contributed by atoms with Gasteiger partial charge in [0.15, 0.2) is 0 Å². The van der Waals surface area contributed by atoms with E-state index in [0.29, 0.717) is 13.0 Å². The minimum atomic E-state index is -0.642. The minimum Gasteiger partial charge on any atom is -0.370 e. The molecule has 18 heavy (non-hydrogen) atoms. The molecule has 0 aromatic carbocycles. The van der Waals surface area contributed by atoms with Crippen LogP contribution in [0.4, 0.5) is 0 Å². The van der Waals surface area contributed by atoms with Crippen molar-refractivity contribution in [1.82, 2.24) is 4.90 Å². The van der Waals surface area contributed by atoms with Crippen molar-refractivity contribution in [1.29, 1.82) is 0 Å². The number of hydrogen-bond acceptors (Lipinski definition) is 3. The predicted octanol–water partition coefficient (Wildman–Crippen LogP) is 0.858. The molecule has 0 radical (unpaired) electrons. The van der Waals surface area contributed by atoms with Gasteiger partial charge in [0.05, 0.1) is 0 Å². The maximum absolute atomic E-state index is 12.2. The van der Waals surface area contributed by atoms with Gasteiger partial charge >= 0.3 is 0 Å². The van der Waals surface area contributed by atoms with Gasteiger partial charge in [0, 0.05) is 24.4 Å². The van der Waals surface area contributed by atoms with Gasteiger partial charge in [-0.1, -0.05) is 20.8 Å². The molecule has 0 aromatic rings. The number of nitrogens with zero attached hydrogens (tertiary/aromatic N) is 1. The molecule has 0 bridgehead atoms. The first kappa shape index (κ1) is 14.7. The van der Waals surface area contributed by atoms with Crippen LogP contribution >= 0.6 is 0 Å². The fraction of sp³-hybridized carbons (Fsp3) is 0.769. The van der Waals surface area contributed by atoms with Crippen molar-refractivity contribution in [3.8, 4) is 0 Å². The number of rotatable bonds is 5. The van der Waals surface area contributed by atoms with Crippen LogP contribution in [-0.2, 0) is 14.4 Å². The summed E-state index contributed by atoms with van der Waals surface area (Å²) >= 11 is 0. The second-order valence-corrected chi connectivity index (χ2v) is 5.53. The Balaban J connectivity index is 2.77. The molecule has 1 aliphatic rings. The summed E-state index contributed by atoms with van der Waals surface area (Å²) in [6, 6.07) is -0.202. The smallest absolute Gasteiger partial charge is 0.290 e. The molecule has 0 saturated carbocycles. The Hall–Kier alpha value is -1.39. The highest BCUT2D eigenvalue weighted by Gasteiger charge is 2.38. The molecule has 5 nitrogen and oxygen atoms in total. The third-order valence-corrected chi connectivity index (χ3v) is 3.77. The maximum atomic E-state index is 12.2. The Labute approximate surface area is 108 Å². The molecule has 2 amide bonds. The molecule has 0 aromatic heterocycles. The van der Waals surface area contributed by atoms with Crippen molar-refractivity contribution in [2.24, 2.45) is 11.1 Å². The summed E-state index contributed by atoms with van der Waals surface area (Å²) in [7, 11) is 0. The second-order valence-electron chi connectivity index (χ2n) is 5.53. The summed E-state index contributed by atoms with van der Waals surface area (Å²) in [6.45, 7) is 5.97. The largest absolute Gasteiger partial charge is 0.370 e. The Morgan fingerprint density at radius 2 is 1.94 bits per heavy atom. The van der Waals surface area contributed by atoms with Crippen LogP contribution in [0.15, 0.2) is 0 Å². The molecule has 1 heterocycles. The SMILES string of the molecule is CCC(C)(C)C(=O)C(=O)N1CCC[C@H]1CC(N)=O. The first-order valence-corrected chi connectivity index (χ1v) is 6.43. The molecular weight excluding hydrogens is 232 g/mol. The van der Waals surface area contributed by atoms with Crippen molar-refractivity contribution < 1.29 is 14.4 Å². The van der Waals surface area contributed by atoms with Crippen LogP contribution in [0.2, 0.25) is 0 Å². The van der Waals surface area contributed by atoms with Crippen molar-refractivity contribution in [3.63, 3.8) is 0 Å². The molecule has 2 N–H and O–H groups in total. The summed E-state index contributed by atoms with van der Waals surface area (Å²) in [5.41, 5.74) is 4.52. The van der Waals surface area contributed by atoms with E-state index in [1.165, 1.54) is 4.90 Å². The molecule has 5 heteroatoms. The summed E-state index contributed by atoms with van der Waals surface area (Å²) in [5.74, 6) is -1.27. The molecule has 1 saturated heterocycles. The average molecular weight is 254 g/mol. The van der Waals surface area contributed by atoms with Crippen LogP contribution in [0.1, 0.15) is 46.5 Å². The zero-order valence-corrected chi connectivity index (χ0v) is 11.4. The number of nitrogens with two attached hydrogens (primary N) is 1. The summed E-state index contributed by atoms with van der Waals surface area (Å²) in [4.78, 5) is 36.7. The van der Waals surface area contributed by atoms with Gasteiger partial charge < -0.3 is 10.6 Å². The van der Waals surface area contributed by atoms with Crippen molar-refractivity contribution in [2.45, 2.75) is 52.5 Å². The van der Waals surface area contributed by atoms with Crippen molar-refractivity contribution >= 4 is 17.6 Å². The molecule has 1 atom stereocenters. The zero-order chi connectivity index (χ0) is 13.9. The Bertz CT molecular complexity index is 363. The van der Waals surface area contributed by atoms with E-state index in [4.69, 9.17) is 5.73 Å². The minimum absolute atomic E-state index is 0.144. The van der Waals surface area contributed by atoms with E-state index in [1.54, 1.807) is 13.8 Å². The monoisotopic (exact) mass is 254 g/mol. The standard InChI is InChI=1S/C13H22N2O3/c1-4-13(2,3)11(17)12(18)15-7-5-6-9(15)8-10(14)16/h9H,4-8H2,1-3H3,(H2,14,16)/t9-/m0/s1. The summed E-state index contributed by atoms with van der Waals surface area (Å²) in [6.07, 6.45) is 2.33. The quantitative estimate of drug-likeness (QED) is 0.739. The molecule has 1 aliphatic heterocycles. The van der Waals surface area contributed by atoms with E-state index in [9.17, 15) is 14.4 Å². The number of amides is 2. The summed E-state index contributed by atoms with van der Waals surface area (Å²) in [5, 5.41) is 0. The van der Waals surface area contributed by atoms with Gasteiger partial charge in [-0.3, -0.25) is 14.4 Å². The summed E-state index contributed by atoms with van der Waals surface area (Å²) < 4.78 is 0. The molecule has 0 spiro atoms. The van der Waals surface area contributed by atoms with E-state index < -0.39 is 17.2 Å². The normalized spacial score (nSPS) is 19.9. The molecule has 0 unspecified atom stereocenters. The molecule has 0 aliphatic carbocycles. The van der Waals surface area contributed by atoms with Gasteiger partial charge in [0.25, 0.3) is 5.91 Å². The zero-order valence-electron chi connectivity index (χ0n) is 11.4. The number of hydrogen-bond donors (Lipinski definition) is 1. The van der Waals surface area contributed by atoms with Gasteiger partial charge in [0.2, 0.25) is 11.7 Å². The Kier molecular flexibility index (Phi) is 4.48. The highest BCUT2D eigenvalue weighted by atomic mass is 16.2. The third-order valence-electron chi connectivity index (χ3n) is 3.77. The average Bonchev–Trinajstić information content (AvgIpc) is 2.74. The lowest BCUT2D eigenvalue weighted by atomic mass is 9.84. The lowest BCUT2D eigenvalue weighted by molar-refractivity contribution is -0.150. The molecule has 1 fully saturated rings. The molecule has 102 valence electrons. The number of primary amides is 1. The second kappa shape index (κ2) is 5.50.